The van der Waals surface area contributed by atoms with Crippen molar-refractivity contribution in [2.45, 2.75) is 44.4 Å². The average molecular weight is 199 g/mol. The molecule has 2 fully saturated rings. The van der Waals surface area contributed by atoms with Gasteiger partial charge < -0.3 is 9.84 Å². The van der Waals surface area contributed by atoms with Crippen molar-refractivity contribution in [2.75, 3.05) is 20.3 Å². The lowest BCUT2D eigenvalue weighted by Gasteiger charge is -2.38. The lowest BCUT2D eigenvalue weighted by Crippen LogP contribution is -2.47. The third kappa shape index (κ3) is 1.69. The van der Waals surface area contributed by atoms with Crippen LogP contribution in [-0.2, 0) is 4.74 Å². The summed E-state index contributed by atoms with van der Waals surface area (Å²) in [7, 11) is 1.82. The largest absolute Gasteiger partial charge is 0.395 e. The van der Waals surface area contributed by atoms with Crippen LogP contribution in [0.25, 0.3) is 0 Å². The maximum atomic E-state index is 9.02. The highest BCUT2D eigenvalue weighted by Gasteiger charge is 2.44. The first-order chi connectivity index (χ1) is 6.76. The number of nitrogens with zero attached hydrogens (tertiary/aromatic N) is 1. The molecule has 4 unspecified atom stereocenters. The summed E-state index contributed by atoms with van der Waals surface area (Å²) in [6.45, 7) is 3.46. The summed E-state index contributed by atoms with van der Waals surface area (Å²) in [5, 5.41) is 9.02. The monoisotopic (exact) mass is 199 g/mol. The summed E-state index contributed by atoms with van der Waals surface area (Å²) < 4.78 is 5.46. The zero-order valence-electron chi connectivity index (χ0n) is 9.15. The number of hydrogen-bond donors (Lipinski definition) is 1. The Morgan fingerprint density at radius 3 is 2.71 bits per heavy atom. The molecule has 0 aliphatic carbocycles. The second kappa shape index (κ2) is 4.17. The van der Waals surface area contributed by atoms with E-state index in [1.165, 1.54) is 6.42 Å². The summed E-state index contributed by atoms with van der Waals surface area (Å²) in [5.74, 6) is 0.770. The Bertz CT molecular complexity index is 198. The Labute approximate surface area is 86.0 Å². The van der Waals surface area contributed by atoms with Crippen molar-refractivity contribution in [3.8, 4) is 0 Å². The van der Waals surface area contributed by atoms with Gasteiger partial charge in [-0.2, -0.15) is 0 Å². The van der Waals surface area contributed by atoms with Crippen LogP contribution >= 0.6 is 0 Å². The molecule has 3 nitrogen and oxygen atoms in total. The van der Waals surface area contributed by atoms with E-state index in [0.29, 0.717) is 18.2 Å². The lowest BCUT2D eigenvalue weighted by molar-refractivity contribution is -0.00348. The van der Waals surface area contributed by atoms with Crippen LogP contribution < -0.4 is 0 Å². The molecular formula is C11H21NO2. The molecule has 0 amide bonds. The minimum absolute atomic E-state index is 0.289. The van der Waals surface area contributed by atoms with Crippen molar-refractivity contribution in [1.82, 2.24) is 4.90 Å². The Balaban J connectivity index is 2.04. The normalized spacial score (nSPS) is 43.1. The fourth-order valence-electron chi connectivity index (χ4n) is 3.24. The molecule has 82 valence electrons. The summed E-state index contributed by atoms with van der Waals surface area (Å²) in [6, 6.07) is 1.30. The second-order valence-electron chi connectivity index (χ2n) is 4.72. The molecule has 0 aromatic heterocycles. The van der Waals surface area contributed by atoms with Gasteiger partial charge in [0.05, 0.1) is 12.7 Å². The molecule has 0 saturated carbocycles. The van der Waals surface area contributed by atoms with Crippen LogP contribution in [0.15, 0.2) is 0 Å². The van der Waals surface area contributed by atoms with Crippen molar-refractivity contribution in [1.29, 1.82) is 0 Å². The molecule has 2 bridgehead atoms. The van der Waals surface area contributed by atoms with Crippen molar-refractivity contribution in [2.24, 2.45) is 5.92 Å². The van der Waals surface area contributed by atoms with E-state index in [2.05, 4.69) is 11.8 Å². The molecule has 2 aliphatic heterocycles. The van der Waals surface area contributed by atoms with Gasteiger partial charge in [-0.3, -0.25) is 4.90 Å². The molecule has 0 spiro atoms. The third-order valence-corrected chi connectivity index (χ3v) is 3.93. The number of ether oxygens (including phenoxy) is 1. The fourth-order valence-corrected chi connectivity index (χ4v) is 3.24. The van der Waals surface area contributed by atoms with Crippen LogP contribution in [0.4, 0.5) is 0 Å². The molecule has 1 N–H and O–H groups in total. The molecule has 4 atom stereocenters. The van der Waals surface area contributed by atoms with Gasteiger partial charge in [0.25, 0.3) is 0 Å². The minimum atomic E-state index is 0.289. The maximum Gasteiger partial charge on any atom is 0.0601 e. The molecule has 14 heavy (non-hydrogen) atoms. The standard InChI is InChI=1S/C11H21NO2/c1-8-5-9-6-10(14-2)7-11(8)12(9)3-4-13/h8-11,13H,3-7H2,1-2H3. The highest BCUT2D eigenvalue weighted by Crippen LogP contribution is 2.39. The first-order valence-electron chi connectivity index (χ1n) is 5.65. The topological polar surface area (TPSA) is 32.7 Å². The molecule has 2 rings (SSSR count). The van der Waals surface area contributed by atoms with E-state index in [4.69, 9.17) is 9.84 Å². The van der Waals surface area contributed by atoms with Crippen LogP contribution in [0, 0.1) is 5.92 Å². The Morgan fingerprint density at radius 2 is 2.14 bits per heavy atom. The van der Waals surface area contributed by atoms with Gasteiger partial charge in [-0.25, -0.2) is 0 Å². The van der Waals surface area contributed by atoms with E-state index in [1.54, 1.807) is 0 Å². The van der Waals surface area contributed by atoms with Crippen molar-refractivity contribution < 1.29 is 9.84 Å². The number of hydrogen-bond acceptors (Lipinski definition) is 3. The van der Waals surface area contributed by atoms with E-state index in [9.17, 15) is 0 Å². The summed E-state index contributed by atoms with van der Waals surface area (Å²) in [4.78, 5) is 2.49. The molecule has 0 aromatic rings. The van der Waals surface area contributed by atoms with E-state index >= 15 is 0 Å². The molecule has 2 aliphatic rings. The van der Waals surface area contributed by atoms with Gasteiger partial charge in [-0.15, -0.1) is 0 Å². The smallest absolute Gasteiger partial charge is 0.0601 e. The Morgan fingerprint density at radius 1 is 1.36 bits per heavy atom. The van der Waals surface area contributed by atoms with Crippen LogP contribution in [-0.4, -0.2) is 48.5 Å². The molecule has 0 radical (unpaired) electrons. The number of rotatable bonds is 3. The third-order valence-electron chi connectivity index (χ3n) is 3.93. The van der Waals surface area contributed by atoms with Crippen LogP contribution in [0.1, 0.15) is 26.2 Å². The summed E-state index contributed by atoms with van der Waals surface area (Å²) in [6.07, 6.45) is 4.03. The minimum Gasteiger partial charge on any atom is -0.395 e. The van der Waals surface area contributed by atoms with Gasteiger partial charge >= 0.3 is 0 Å². The number of aliphatic hydroxyl groups excluding tert-OH is 1. The maximum absolute atomic E-state index is 9.02. The van der Waals surface area contributed by atoms with Crippen molar-refractivity contribution in [3.05, 3.63) is 0 Å². The molecule has 2 heterocycles. The van der Waals surface area contributed by atoms with Crippen LogP contribution in [0.2, 0.25) is 0 Å². The number of piperidine rings is 1. The number of aliphatic hydroxyl groups is 1. The van der Waals surface area contributed by atoms with Gasteiger partial charge in [-0.05, 0) is 25.2 Å². The van der Waals surface area contributed by atoms with Gasteiger partial charge in [0.15, 0.2) is 0 Å². The van der Waals surface area contributed by atoms with Crippen LogP contribution in [0.3, 0.4) is 0 Å². The second-order valence-corrected chi connectivity index (χ2v) is 4.72. The lowest BCUT2D eigenvalue weighted by atomic mass is 9.97. The van der Waals surface area contributed by atoms with Gasteiger partial charge in [0.1, 0.15) is 0 Å². The highest BCUT2D eigenvalue weighted by molar-refractivity contribution is 4.98. The predicted octanol–water partition coefficient (Wildman–Crippen LogP) is 0.866. The molecule has 0 aromatic carbocycles. The zero-order chi connectivity index (χ0) is 10.1. The van der Waals surface area contributed by atoms with E-state index < -0.39 is 0 Å². The van der Waals surface area contributed by atoms with Crippen molar-refractivity contribution in [3.63, 3.8) is 0 Å². The fraction of sp³-hybridized carbons (Fsp3) is 1.00. The van der Waals surface area contributed by atoms with Gasteiger partial charge in [-0.1, -0.05) is 6.92 Å². The van der Waals surface area contributed by atoms with E-state index in [0.717, 1.165) is 25.3 Å². The van der Waals surface area contributed by atoms with E-state index in [1.807, 2.05) is 7.11 Å². The zero-order valence-corrected chi connectivity index (χ0v) is 9.15. The predicted molar refractivity (Wildman–Crippen MR) is 55.2 cm³/mol. The summed E-state index contributed by atoms with van der Waals surface area (Å²) in [5.41, 5.74) is 0. The van der Waals surface area contributed by atoms with Gasteiger partial charge in [0, 0.05) is 25.7 Å². The quantitative estimate of drug-likeness (QED) is 0.732. The number of methoxy groups -OCH3 is 1. The van der Waals surface area contributed by atoms with E-state index in [-0.39, 0.29) is 6.61 Å². The van der Waals surface area contributed by atoms with Gasteiger partial charge in [0.2, 0.25) is 0 Å². The summed E-state index contributed by atoms with van der Waals surface area (Å²) >= 11 is 0. The first kappa shape index (κ1) is 10.4. The first-order valence-corrected chi connectivity index (χ1v) is 5.65. The average Bonchev–Trinajstić information content (AvgIpc) is 2.37. The van der Waals surface area contributed by atoms with Crippen LogP contribution in [0.5, 0.6) is 0 Å². The SMILES string of the molecule is COC1CC2CC(C)C(C1)N2CCO. The number of fused-ring (bicyclic) bond motifs is 2. The Hall–Kier alpha value is -0.120. The Kier molecular flexibility index (Phi) is 3.10. The molecular weight excluding hydrogens is 178 g/mol. The molecule has 3 heteroatoms. The highest BCUT2D eigenvalue weighted by atomic mass is 16.5. The molecule has 2 saturated heterocycles. The van der Waals surface area contributed by atoms with Crippen molar-refractivity contribution >= 4 is 0 Å².